The van der Waals surface area contributed by atoms with E-state index in [1.165, 1.54) is 11.3 Å². The number of aromatic nitrogens is 2. The topological polar surface area (TPSA) is 76.5 Å². The van der Waals surface area contributed by atoms with Crippen LogP contribution >= 0.6 is 11.3 Å². The van der Waals surface area contributed by atoms with E-state index in [-0.39, 0.29) is 17.4 Å². The van der Waals surface area contributed by atoms with Crippen molar-refractivity contribution in [3.8, 4) is 11.4 Å². The SMILES string of the molecule is COc1cccc(CNC(=O)C2CCN(c3nc4ccsc4c(=O)n3-c3ccccc3)CC2)c1. The van der Waals surface area contributed by atoms with Crippen LogP contribution in [0.15, 0.2) is 70.8 Å². The Morgan fingerprint density at radius 3 is 2.68 bits per heavy atom. The van der Waals surface area contributed by atoms with Crippen LogP contribution in [0.3, 0.4) is 0 Å². The second kappa shape index (κ2) is 9.69. The average molecular weight is 475 g/mol. The third-order valence-corrected chi connectivity index (χ3v) is 7.12. The summed E-state index contributed by atoms with van der Waals surface area (Å²) >= 11 is 1.41. The fourth-order valence-electron chi connectivity index (χ4n) is 4.38. The van der Waals surface area contributed by atoms with Gasteiger partial charge in [-0.05, 0) is 54.1 Å². The van der Waals surface area contributed by atoms with Gasteiger partial charge in [-0.15, -0.1) is 11.3 Å². The molecule has 8 heteroatoms. The Balaban J connectivity index is 1.31. The Hall–Kier alpha value is -3.65. The van der Waals surface area contributed by atoms with E-state index < -0.39 is 0 Å². The molecule has 34 heavy (non-hydrogen) atoms. The summed E-state index contributed by atoms with van der Waals surface area (Å²) in [5.74, 6) is 1.41. The van der Waals surface area contributed by atoms with Crippen molar-refractivity contribution >= 4 is 33.4 Å². The van der Waals surface area contributed by atoms with Gasteiger partial charge in [-0.1, -0.05) is 30.3 Å². The summed E-state index contributed by atoms with van der Waals surface area (Å²) in [6.45, 7) is 1.79. The zero-order valence-electron chi connectivity index (χ0n) is 18.9. The molecule has 1 aliphatic rings. The lowest BCUT2D eigenvalue weighted by Crippen LogP contribution is -2.42. The van der Waals surface area contributed by atoms with Gasteiger partial charge in [0.25, 0.3) is 5.56 Å². The number of thiophene rings is 1. The van der Waals surface area contributed by atoms with Gasteiger partial charge in [-0.2, -0.15) is 0 Å². The number of para-hydroxylation sites is 1. The van der Waals surface area contributed by atoms with E-state index in [2.05, 4.69) is 10.2 Å². The summed E-state index contributed by atoms with van der Waals surface area (Å²) in [6, 6.07) is 19.2. The van der Waals surface area contributed by atoms with Crippen molar-refractivity contribution in [2.24, 2.45) is 5.92 Å². The van der Waals surface area contributed by atoms with Gasteiger partial charge in [0.1, 0.15) is 10.4 Å². The number of nitrogens with one attached hydrogen (secondary N) is 1. The smallest absolute Gasteiger partial charge is 0.277 e. The number of amides is 1. The molecule has 7 nitrogen and oxygen atoms in total. The van der Waals surface area contributed by atoms with Gasteiger partial charge in [0.2, 0.25) is 11.9 Å². The van der Waals surface area contributed by atoms with Crippen molar-refractivity contribution in [1.29, 1.82) is 0 Å². The highest BCUT2D eigenvalue weighted by Crippen LogP contribution is 2.26. The van der Waals surface area contributed by atoms with E-state index in [1.54, 1.807) is 11.7 Å². The zero-order chi connectivity index (χ0) is 23.5. The first-order chi connectivity index (χ1) is 16.6. The lowest BCUT2D eigenvalue weighted by atomic mass is 9.96. The van der Waals surface area contributed by atoms with Gasteiger partial charge in [-0.3, -0.25) is 9.59 Å². The number of hydrogen-bond donors (Lipinski definition) is 1. The second-order valence-electron chi connectivity index (χ2n) is 8.35. The Kier molecular flexibility index (Phi) is 6.31. The Morgan fingerprint density at radius 1 is 1.12 bits per heavy atom. The third-order valence-electron chi connectivity index (χ3n) is 6.23. The van der Waals surface area contributed by atoms with Crippen LogP contribution in [0.25, 0.3) is 15.9 Å². The molecule has 1 amide bonds. The summed E-state index contributed by atoms with van der Waals surface area (Å²) in [7, 11) is 1.63. The van der Waals surface area contributed by atoms with Gasteiger partial charge in [0.15, 0.2) is 0 Å². The predicted octanol–water partition coefficient (Wildman–Crippen LogP) is 3.99. The van der Waals surface area contributed by atoms with Gasteiger partial charge < -0.3 is 15.0 Å². The number of nitrogens with zero attached hydrogens (tertiary/aromatic N) is 3. The maximum absolute atomic E-state index is 13.3. The van der Waals surface area contributed by atoms with E-state index in [1.807, 2.05) is 66.0 Å². The van der Waals surface area contributed by atoms with E-state index in [4.69, 9.17) is 9.72 Å². The van der Waals surface area contributed by atoms with Crippen molar-refractivity contribution in [1.82, 2.24) is 14.9 Å². The molecule has 0 bridgehead atoms. The number of fused-ring (bicyclic) bond motifs is 1. The lowest BCUT2D eigenvalue weighted by molar-refractivity contribution is -0.125. The third kappa shape index (κ3) is 4.41. The molecular formula is C26H26N4O3S. The molecule has 0 radical (unpaired) electrons. The van der Waals surface area contributed by atoms with Crippen LogP contribution < -0.4 is 20.5 Å². The average Bonchev–Trinajstić information content (AvgIpc) is 3.37. The molecule has 1 N–H and O–H groups in total. The lowest BCUT2D eigenvalue weighted by Gasteiger charge is -2.33. The molecule has 174 valence electrons. The minimum Gasteiger partial charge on any atom is -0.497 e. The number of ether oxygens (including phenoxy) is 1. The fraction of sp³-hybridized carbons (Fsp3) is 0.269. The standard InChI is InChI=1S/C26H26N4O3S/c1-33-21-9-5-6-18(16-21)17-27-24(31)19-10-13-29(14-11-19)26-28-22-12-15-34-23(22)25(32)30(26)20-7-3-2-4-8-20/h2-9,12,15-16,19H,10-11,13-14,17H2,1H3,(H,27,31). The molecule has 0 aliphatic carbocycles. The molecule has 0 saturated carbocycles. The Morgan fingerprint density at radius 2 is 1.91 bits per heavy atom. The number of anilines is 1. The monoisotopic (exact) mass is 474 g/mol. The van der Waals surface area contributed by atoms with Crippen molar-refractivity contribution in [2.45, 2.75) is 19.4 Å². The number of methoxy groups -OCH3 is 1. The summed E-state index contributed by atoms with van der Waals surface area (Å²) in [6.07, 6.45) is 1.41. The van der Waals surface area contributed by atoms with Crippen LogP contribution in [-0.2, 0) is 11.3 Å². The Bertz CT molecular complexity index is 1360. The first kappa shape index (κ1) is 22.2. The molecular weight excluding hydrogens is 448 g/mol. The van der Waals surface area contributed by atoms with Crippen molar-refractivity contribution < 1.29 is 9.53 Å². The van der Waals surface area contributed by atoms with Crippen molar-refractivity contribution in [3.63, 3.8) is 0 Å². The fourth-order valence-corrected chi connectivity index (χ4v) is 5.14. The highest BCUT2D eigenvalue weighted by Gasteiger charge is 2.28. The normalized spacial score (nSPS) is 14.3. The molecule has 0 unspecified atom stereocenters. The molecule has 4 aromatic rings. The second-order valence-corrected chi connectivity index (χ2v) is 9.27. The first-order valence-electron chi connectivity index (χ1n) is 11.4. The summed E-state index contributed by atoms with van der Waals surface area (Å²) in [5.41, 5.74) is 2.46. The molecule has 3 heterocycles. The van der Waals surface area contributed by atoms with Crippen LogP contribution in [-0.4, -0.2) is 35.7 Å². The first-order valence-corrected chi connectivity index (χ1v) is 12.2. The van der Waals surface area contributed by atoms with Gasteiger partial charge >= 0.3 is 0 Å². The number of hydrogen-bond acceptors (Lipinski definition) is 6. The van der Waals surface area contributed by atoms with E-state index >= 15 is 0 Å². The summed E-state index contributed by atoms with van der Waals surface area (Å²) in [5, 5.41) is 4.96. The maximum atomic E-state index is 13.3. The van der Waals surface area contributed by atoms with Crippen LogP contribution in [0.4, 0.5) is 5.95 Å². The molecule has 1 saturated heterocycles. The van der Waals surface area contributed by atoms with E-state index in [0.717, 1.165) is 22.5 Å². The van der Waals surface area contributed by atoms with Crippen LogP contribution in [0.2, 0.25) is 0 Å². The molecule has 0 spiro atoms. The van der Waals surface area contributed by atoms with E-state index in [9.17, 15) is 9.59 Å². The molecule has 1 aliphatic heterocycles. The molecule has 2 aromatic carbocycles. The van der Waals surface area contributed by atoms with Crippen molar-refractivity contribution in [2.75, 3.05) is 25.1 Å². The van der Waals surface area contributed by atoms with Crippen molar-refractivity contribution in [3.05, 3.63) is 82.0 Å². The highest BCUT2D eigenvalue weighted by molar-refractivity contribution is 7.17. The number of benzene rings is 2. The molecule has 2 aromatic heterocycles. The number of rotatable bonds is 6. The van der Waals surface area contributed by atoms with Gasteiger partial charge in [-0.25, -0.2) is 9.55 Å². The summed E-state index contributed by atoms with van der Waals surface area (Å²) < 4.78 is 7.60. The summed E-state index contributed by atoms with van der Waals surface area (Å²) in [4.78, 5) is 33.1. The predicted molar refractivity (Wildman–Crippen MR) is 135 cm³/mol. The number of piperidine rings is 1. The highest BCUT2D eigenvalue weighted by atomic mass is 32.1. The minimum absolute atomic E-state index is 0.0562. The van der Waals surface area contributed by atoms with Gasteiger partial charge in [0, 0.05) is 25.6 Å². The number of carbonyl (C=O) groups is 1. The number of carbonyl (C=O) groups excluding carboxylic acids is 1. The van der Waals surface area contributed by atoms with Crippen LogP contribution in [0.1, 0.15) is 18.4 Å². The van der Waals surface area contributed by atoms with Crippen LogP contribution in [0, 0.1) is 5.92 Å². The largest absolute Gasteiger partial charge is 0.497 e. The van der Waals surface area contributed by atoms with E-state index in [0.29, 0.717) is 43.1 Å². The maximum Gasteiger partial charge on any atom is 0.277 e. The minimum atomic E-state index is -0.0661. The molecule has 0 atom stereocenters. The quantitative estimate of drug-likeness (QED) is 0.457. The van der Waals surface area contributed by atoms with Gasteiger partial charge in [0.05, 0.1) is 18.3 Å². The molecule has 1 fully saturated rings. The zero-order valence-corrected chi connectivity index (χ0v) is 19.8. The Labute approximate surface area is 201 Å². The van der Waals surface area contributed by atoms with Crippen LogP contribution in [0.5, 0.6) is 5.75 Å². The molecule has 5 rings (SSSR count).